The van der Waals surface area contributed by atoms with Gasteiger partial charge < -0.3 is 20.3 Å². The van der Waals surface area contributed by atoms with Crippen LogP contribution in [0.2, 0.25) is 0 Å². The van der Waals surface area contributed by atoms with Crippen molar-refractivity contribution in [2.75, 3.05) is 23.3 Å². The molecule has 0 radical (unpaired) electrons. The van der Waals surface area contributed by atoms with Gasteiger partial charge in [-0.1, -0.05) is 43.2 Å². The maximum absolute atomic E-state index is 13.5. The third-order valence-electron chi connectivity index (χ3n) is 7.58. The molecule has 2 N–H and O–H groups in total. The second-order valence-corrected chi connectivity index (χ2v) is 10.6. The van der Waals surface area contributed by atoms with E-state index in [9.17, 15) is 4.39 Å². The second kappa shape index (κ2) is 11.4. The number of halogens is 1. The van der Waals surface area contributed by atoms with Crippen LogP contribution in [0.3, 0.4) is 0 Å². The van der Waals surface area contributed by atoms with Gasteiger partial charge in [-0.15, -0.1) is 0 Å². The quantitative estimate of drug-likeness (QED) is 0.342. The van der Waals surface area contributed by atoms with E-state index in [1.54, 1.807) is 12.1 Å². The highest BCUT2D eigenvalue weighted by atomic mass is 32.1. The Morgan fingerprint density at radius 1 is 1.05 bits per heavy atom. The molecule has 0 unspecified atom stereocenters. The zero-order valence-electron chi connectivity index (χ0n) is 21.3. The van der Waals surface area contributed by atoms with Crippen LogP contribution in [0.25, 0.3) is 0 Å². The molecule has 194 valence electrons. The molecular weight excluding hydrogens is 485 g/mol. The molecule has 6 nitrogen and oxygen atoms in total. The first-order chi connectivity index (χ1) is 18.0. The summed E-state index contributed by atoms with van der Waals surface area (Å²) in [4.78, 5) is 11.7. The number of benzene rings is 2. The molecule has 0 amide bonds. The number of aromatic nitrogens is 2. The largest absolute Gasteiger partial charge is 0.439 e. The molecule has 8 heteroatoms. The molecule has 0 spiro atoms. The van der Waals surface area contributed by atoms with Gasteiger partial charge in [-0.05, 0) is 81.1 Å². The van der Waals surface area contributed by atoms with Crippen LogP contribution >= 0.6 is 12.2 Å². The Labute approximate surface area is 223 Å². The van der Waals surface area contributed by atoms with E-state index in [2.05, 4.69) is 27.4 Å². The van der Waals surface area contributed by atoms with E-state index < -0.39 is 0 Å². The van der Waals surface area contributed by atoms with Crippen molar-refractivity contribution in [1.82, 2.24) is 15.3 Å². The number of nitrogens with zero attached hydrogens (tertiary/aromatic N) is 3. The number of ether oxygens (including phenoxy) is 1. The normalized spacial score (nSPS) is 18.9. The third-order valence-corrected chi connectivity index (χ3v) is 7.83. The summed E-state index contributed by atoms with van der Waals surface area (Å²) in [5, 5.41) is 7.05. The highest BCUT2D eigenvalue weighted by Gasteiger charge is 2.35. The first-order valence-electron chi connectivity index (χ1n) is 13.2. The van der Waals surface area contributed by atoms with E-state index in [1.165, 1.54) is 6.42 Å². The third kappa shape index (κ3) is 6.18. The minimum atomic E-state index is -0.212. The molecule has 5 rings (SSSR count). The van der Waals surface area contributed by atoms with E-state index in [-0.39, 0.29) is 11.2 Å². The minimum Gasteiger partial charge on any atom is -0.439 e. The standard InChI is InChI=1S/C29H34FN5OS/c1-21-9-5-8-18-35(21)25-19-26(36-24-10-3-2-4-11-24)33-27(32-25)34-28(37)31-20-29(16-6-7-17-29)22-12-14-23(30)15-13-22/h2-4,10-15,19,21H,5-9,16-18,20H2,1H3,(H2,31,32,33,34,37)/t21-/m1/s1. The van der Waals surface area contributed by atoms with Gasteiger partial charge in [-0.25, -0.2) is 4.39 Å². The van der Waals surface area contributed by atoms with Crippen molar-refractivity contribution in [3.05, 3.63) is 72.0 Å². The molecule has 2 aliphatic rings. The Hall–Kier alpha value is -3.26. The molecule has 1 saturated carbocycles. The maximum Gasteiger partial charge on any atom is 0.234 e. The first kappa shape index (κ1) is 25.4. The van der Waals surface area contributed by atoms with Crippen molar-refractivity contribution >= 4 is 29.1 Å². The Balaban J connectivity index is 1.33. The summed E-state index contributed by atoms with van der Waals surface area (Å²) < 4.78 is 19.6. The lowest BCUT2D eigenvalue weighted by Crippen LogP contribution is -2.41. The van der Waals surface area contributed by atoms with Crippen molar-refractivity contribution < 1.29 is 9.13 Å². The predicted octanol–water partition coefficient (Wildman–Crippen LogP) is 6.59. The Morgan fingerprint density at radius 3 is 2.54 bits per heavy atom. The van der Waals surface area contributed by atoms with Crippen molar-refractivity contribution in [2.24, 2.45) is 0 Å². The summed E-state index contributed by atoms with van der Waals surface area (Å²) in [7, 11) is 0. The van der Waals surface area contributed by atoms with Crippen LogP contribution in [0.15, 0.2) is 60.7 Å². The van der Waals surface area contributed by atoms with Gasteiger partial charge >= 0.3 is 0 Å². The van der Waals surface area contributed by atoms with Gasteiger partial charge in [0.05, 0.1) is 0 Å². The predicted molar refractivity (Wildman–Crippen MR) is 150 cm³/mol. The van der Waals surface area contributed by atoms with E-state index in [0.717, 1.165) is 56.5 Å². The van der Waals surface area contributed by atoms with Crippen molar-refractivity contribution in [1.29, 1.82) is 0 Å². The summed E-state index contributed by atoms with van der Waals surface area (Å²) in [6.07, 6.45) is 7.89. The van der Waals surface area contributed by atoms with Crippen LogP contribution in [-0.2, 0) is 5.41 Å². The van der Waals surface area contributed by atoms with Crippen LogP contribution < -0.4 is 20.3 Å². The van der Waals surface area contributed by atoms with Gasteiger partial charge in [0.25, 0.3) is 0 Å². The molecule has 1 atom stereocenters. The molecule has 1 aliphatic heterocycles. The number of piperidine rings is 1. The van der Waals surface area contributed by atoms with E-state index in [0.29, 0.717) is 35.3 Å². The average molecular weight is 520 g/mol. The fourth-order valence-corrected chi connectivity index (χ4v) is 5.70. The number of anilines is 2. The molecular formula is C29H34FN5OS. The van der Waals surface area contributed by atoms with Gasteiger partial charge in [-0.3, -0.25) is 0 Å². The molecule has 37 heavy (non-hydrogen) atoms. The van der Waals surface area contributed by atoms with Crippen LogP contribution in [-0.4, -0.2) is 34.2 Å². The summed E-state index contributed by atoms with van der Waals surface area (Å²) in [5.41, 5.74) is 1.09. The number of hydrogen-bond acceptors (Lipinski definition) is 5. The second-order valence-electron chi connectivity index (χ2n) is 10.1. The Morgan fingerprint density at radius 2 is 1.81 bits per heavy atom. The molecule has 0 bridgehead atoms. The molecule has 2 aromatic carbocycles. The fourth-order valence-electron chi connectivity index (χ4n) is 5.53. The lowest BCUT2D eigenvalue weighted by Gasteiger charge is -2.34. The zero-order valence-corrected chi connectivity index (χ0v) is 22.1. The average Bonchev–Trinajstić information content (AvgIpc) is 3.39. The van der Waals surface area contributed by atoms with Crippen LogP contribution in [0, 0.1) is 5.82 Å². The zero-order chi connectivity index (χ0) is 25.7. The monoisotopic (exact) mass is 519 g/mol. The summed E-state index contributed by atoms with van der Waals surface area (Å²) in [6, 6.07) is 18.8. The number of para-hydroxylation sites is 1. The molecule has 2 heterocycles. The molecule has 2 fully saturated rings. The van der Waals surface area contributed by atoms with Crippen LogP contribution in [0.4, 0.5) is 16.2 Å². The molecule has 1 aliphatic carbocycles. The summed E-state index contributed by atoms with van der Waals surface area (Å²) in [6.45, 7) is 3.85. The highest BCUT2D eigenvalue weighted by Crippen LogP contribution is 2.40. The smallest absolute Gasteiger partial charge is 0.234 e. The lowest BCUT2D eigenvalue weighted by molar-refractivity contribution is 0.434. The number of hydrogen-bond donors (Lipinski definition) is 2. The van der Waals surface area contributed by atoms with Crippen LogP contribution in [0.1, 0.15) is 57.4 Å². The SMILES string of the molecule is C[C@@H]1CCCCN1c1cc(Oc2ccccc2)nc(NC(=S)NCC2(c3ccc(F)cc3)CCCC2)n1. The molecule has 1 aromatic heterocycles. The van der Waals surface area contributed by atoms with Gasteiger partial charge in [0.15, 0.2) is 5.11 Å². The minimum absolute atomic E-state index is 0.0625. The molecule has 3 aromatic rings. The first-order valence-corrected chi connectivity index (χ1v) is 13.6. The number of nitrogens with one attached hydrogen (secondary N) is 2. The van der Waals surface area contributed by atoms with Crippen molar-refractivity contribution in [3.8, 4) is 11.6 Å². The summed E-state index contributed by atoms with van der Waals surface area (Å²) in [5.74, 6) is 2.21. The van der Waals surface area contributed by atoms with Crippen LogP contribution in [0.5, 0.6) is 11.6 Å². The topological polar surface area (TPSA) is 62.3 Å². The van der Waals surface area contributed by atoms with Crippen molar-refractivity contribution in [3.63, 3.8) is 0 Å². The van der Waals surface area contributed by atoms with Gasteiger partial charge in [-0.2, -0.15) is 9.97 Å². The van der Waals surface area contributed by atoms with Gasteiger partial charge in [0.1, 0.15) is 17.4 Å². The van der Waals surface area contributed by atoms with E-state index in [4.69, 9.17) is 21.9 Å². The summed E-state index contributed by atoms with van der Waals surface area (Å²) >= 11 is 5.67. The van der Waals surface area contributed by atoms with Gasteiger partial charge in [0, 0.05) is 30.6 Å². The van der Waals surface area contributed by atoms with E-state index in [1.807, 2.05) is 48.5 Å². The van der Waals surface area contributed by atoms with Crippen molar-refractivity contribution in [2.45, 2.75) is 63.3 Å². The highest BCUT2D eigenvalue weighted by molar-refractivity contribution is 7.80. The van der Waals surface area contributed by atoms with E-state index >= 15 is 0 Å². The maximum atomic E-state index is 13.5. The Kier molecular flexibility index (Phi) is 7.84. The lowest BCUT2D eigenvalue weighted by atomic mass is 9.79. The molecule has 1 saturated heterocycles. The Bertz CT molecular complexity index is 1200. The fraction of sp³-hybridized carbons (Fsp3) is 0.414. The number of thiocarbonyl (C=S) groups is 1. The number of rotatable bonds is 7. The van der Waals surface area contributed by atoms with Gasteiger partial charge in [0.2, 0.25) is 11.8 Å².